The highest BCUT2D eigenvalue weighted by Crippen LogP contribution is 2.36. The van der Waals surface area contributed by atoms with Crippen molar-refractivity contribution in [3.63, 3.8) is 0 Å². The summed E-state index contributed by atoms with van der Waals surface area (Å²) in [5, 5.41) is 0.667. The Morgan fingerprint density at radius 3 is 2.32 bits per heavy atom. The van der Waals surface area contributed by atoms with E-state index in [-0.39, 0.29) is 18.3 Å². The van der Waals surface area contributed by atoms with E-state index in [1.807, 2.05) is 24.3 Å². The van der Waals surface area contributed by atoms with Gasteiger partial charge in [0.1, 0.15) is 12.4 Å². The number of aryl methyl sites for hydroxylation is 1. The average Bonchev–Trinajstić information content (AvgIpc) is 2.75. The summed E-state index contributed by atoms with van der Waals surface area (Å²) in [5.41, 5.74) is 2.59. The Hall–Kier alpha value is -1.49. The SMILES string of the molecule is Cc1ccc(B2OC(C)(C)C(C)(C)O2)cc1COc1cccc(Cl)c1. The van der Waals surface area contributed by atoms with Gasteiger partial charge in [-0.1, -0.05) is 35.9 Å². The summed E-state index contributed by atoms with van der Waals surface area (Å²) in [5.74, 6) is 0.757. The monoisotopic (exact) mass is 358 g/mol. The minimum absolute atomic E-state index is 0.347. The predicted octanol–water partition coefficient (Wildman–Crippen LogP) is 4.53. The Labute approximate surface area is 155 Å². The topological polar surface area (TPSA) is 27.7 Å². The quantitative estimate of drug-likeness (QED) is 0.752. The lowest BCUT2D eigenvalue weighted by Crippen LogP contribution is -2.41. The molecule has 2 aromatic rings. The molecule has 0 bridgehead atoms. The van der Waals surface area contributed by atoms with Crippen molar-refractivity contribution in [2.24, 2.45) is 0 Å². The third-order valence-electron chi connectivity index (χ3n) is 5.09. The van der Waals surface area contributed by atoms with Crippen LogP contribution in [0.15, 0.2) is 42.5 Å². The molecule has 0 radical (unpaired) electrons. The molecule has 3 rings (SSSR count). The van der Waals surface area contributed by atoms with Crippen LogP contribution >= 0.6 is 11.6 Å². The summed E-state index contributed by atoms with van der Waals surface area (Å²) in [6.07, 6.45) is 0. The third kappa shape index (κ3) is 3.86. The Bertz CT molecular complexity index is 757. The molecule has 2 aromatic carbocycles. The molecule has 5 heteroatoms. The first-order chi connectivity index (χ1) is 11.7. The second kappa shape index (κ2) is 6.67. The van der Waals surface area contributed by atoms with Gasteiger partial charge in [-0.2, -0.15) is 0 Å². The summed E-state index contributed by atoms with van der Waals surface area (Å²) in [6, 6.07) is 13.7. The number of hydrogen-bond donors (Lipinski definition) is 0. The van der Waals surface area contributed by atoms with Gasteiger partial charge in [0.2, 0.25) is 0 Å². The molecule has 0 saturated carbocycles. The van der Waals surface area contributed by atoms with Gasteiger partial charge in [-0.25, -0.2) is 0 Å². The molecule has 0 aromatic heterocycles. The van der Waals surface area contributed by atoms with Gasteiger partial charge in [-0.3, -0.25) is 0 Å². The fourth-order valence-corrected chi connectivity index (χ4v) is 2.87. The molecule has 0 unspecified atom stereocenters. The van der Waals surface area contributed by atoms with Crippen LogP contribution in [0, 0.1) is 6.92 Å². The summed E-state index contributed by atoms with van der Waals surface area (Å²) in [4.78, 5) is 0. The van der Waals surface area contributed by atoms with Gasteiger partial charge in [-0.05, 0) is 69.4 Å². The number of benzene rings is 2. The predicted molar refractivity (Wildman–Crippen MR) is 103 cm³/mol. The summed E-state index contributed by atoms with van der Waals surface area (Å²) < 4.78 is 18.2. The van der Waals surface area contributed by atoms with Crippen LogP contribution in [0.2, 0.25) is 5.02 Å². The molecule has 1 saturated heterocycles. The highest BCUT2D eigenvalue weighted by atomic mass is 35.5. The molecule has 0 amide bonds. The molecule has 25 heavy (non-hydrogen) atoms. The lowest BCUT2D eigenvalue weighted by Gasteiger charge is -2.32. The highest BCUT2D eigenvalue weighted by Gasteiger charge is 2.51. The van der Waals surface area contributed by atoms with E-state index in [1.165, 1.54) is 5.56 Å². The third-order valence-corrected chi connectivity index (χ3v) is 5.32. The van der Waals surface area contributed by atoms with Crippen molar-refractivity contribution in [2.45, 2.75) is 52.4 Å². The number of ether oxygens (including phenoxy) is 1. The van der Waals surface area contributed by atoms with Crippen LogP contribution < -0.4 is 10.2 Å². The zero-order valence-electron chi connectivity index (χ0n) is 15.4. The number of rotatable bonds is 4. The minimum Gasteiger partial charge on any atom is -0.489 e. The van der Waals surface area contributed by atoms with Gasteiger partial charge < -0.3 is 14.0 Å². The first-order valence-corrected chi connectivity index (χ1v) is 8.89. The van der Waals surface area contributed by atoms with E-state index in [0.717, 1.165) is 16.8 Å². The maximum absolute atomic E-state index is 6.14. The van der Waals surface area contributed by atoms with Crippen molar-refractivity contribution in [3.05, 3.63) is 58.6 Å². The summed E-state index contributed by atoms with van der Waals surface area (Å²) in [7, 11) is -0.365. The first kappa shape index (κ1) is 18.3. The average molecular weight is 359 g/mol. The Kier molecular flexibility index (Phi) is 4.89. The van der Waals surface area contributed by atoms with Crippen molar-refractivity contribution < 1.29 is 14.0 Å². The van der Waals surface area contributed by atoms with Gasteiger partial charge in [-0.15, -0.1) is 0 Å². The van der Waals surface area contributed by atoms with Crippen molar-refractivity contribution in [3.8, 4) is 5.75 Å². The van der Waals surface area contributed by atoms with Gasteiger partial charge in [0.05, 0.1) is 11.2 Å². The highest BCUT2D eigenvalue weighted by molar-refractivity contribution is 6.62. The van der Waals surface area contributed by atoms with Crippen molar-refractivity contribution in [2.75, 3.05) is 0 Å². The second-order valence-electron chi connectivity index (χ2n) is 7.52. The molecule has 1 heterocycles. The normalized spacial score (nSPS) is 18.4. The van der Waals surface area contributed by atoms with Crippen LogP contribution in [0.3, 0.4) is 0 Å². The van der Waals surface area contributed by atoms with Crippen LogP contribution in [-0.2, 0) is 15.9 Å². The molecular weight excluding hydrogens is 334 g/mol. The zero-order chi connectivity index (χ0) is 18.2. The van der Waals surface area contributed by atoms with Crippen LogP contribution in [-0.4, -0.2) is 18.3 Å². The molecule has 0 aliphatic carbocycles. The molecule has 1 fully saturated rings. The standard InChI is InChI=1S/C20H24BClO3/c1-14-9-10-16(21-24-19(2,3)20(4,5)25-21)11-15(14)13-23-18-8-6-7-17(22)12-18/h6-12H,13H2,1-5H3. The van der Waals surface area contributed by atoms with E-state index in [9.17, 15) is 0 Å². The van der Waals surface area contributed by atoms with E-state index < -0.39 is 0 Å². The van der Waals surface area contributed by atoms with Gasteiger partial charge in [0.15, 0.2) is 0 Å². The molecule has 3 nitrogen and oxygen atoms in total. The van der Waals surface area contributed by atoms with Crippen LogP contribution in [0.5, 0.6) is 5.75 Å². The zero-order valence-corrected chi connectivity index (χ0v) is 16.2. The fourth-order valence-electron chi connectivity index (χ4n) is 2.69. The van der Waals surface area contributed by atoms with E-state index in [2.05, 4.69) is 52.8 Å². The largest absolute Gasteiger partial charge is 0.494 e. The van der Waals surface area contributed by atoms with Crippen LogP contribution in [0.4, 0.5) is 0 Å². The summed E-state index contributed by atoms with van der Waals surface area (Å²) in [6.45, 7) is 10.8. The second-order valence-corrected chi connectivity index (χ2v) is 7.96. The summed E-state index contributed by atoms with van der Waals surface area (Å²) >= 11 is 6.01. The first-order valence-electron chi connectivity index (χ1n) is 8.51. The molecule has 1 aliphatic rings. The van der Waals surface area contributed by atoms with Gasteiger partial charge in [0, 0.05) is 5.02 Å². The van der Waals surface area contributed by atoms with Crippen LogP contribution in [0.1, 0.15) is 38.8 Å². The Morgan fingerprint density at radius 1 is 1.00 bits per heavy atom. The molecule has 0 atom stereocenters. The fraction of sp³-hybridized carbons (Fsp3) is 0.400. The Balaban J connectivity index is 1.77. The van der Waals surface area contributed by atoms with Gasteiger partial charge in [0.25, 0.3) is 0 Å². The number of hydrogen-bond acceptors (Lipinski definition) is 3. The van der Waals surface area contributed by atoms with Gasteiger partial charge >= 0.3 is 7.12 Å². The lowest BCUT2D eigenvalue weighted by atomic mass is 9.78. The molecule has 1 aliphatic heterocycles. The van der Waals surface area contributed by atoms with E-state index >= 15 is 0 Å². The number of halogens is 1. The van der Waals surface area contributed by atoms with Crippen molar-refractivity contribution >= 4 is 24.2 Å². The molecular formula is C20H24BClO3. The molecule has 132 valence electrons. The van der Waals surface area contributed by atoms with Crippen molar-refractivity contribution in [1.82, 2.24) is 0 Å². The van der Waals surface area contributed by atoms with E-state index in [4.69, 9.17) is 25.6 Å². The van der Waals surface area contributed by atoms with Crippen molar-refractivity contribution in [1.29, 1.82) is 0 Å². The minimum atomic E-state index is -0.365. The smallest absolute Gasteiger partial charge is 0.489 e. The molecule has 0 spiro atoms. The Morgan fingerprint density at radius 2 is 1.68 bits per heavy atom. The maximum atomic E-state index is 6.14. The lowest BCUT2D eigenvalue weighted by molar-refractivity contribution is 0.00578. The molecule has 0 N–H and O–H groups in total. The van der Waals surface area contributed by atoms with E-state index in [0.29, 0.717) is 11.6 Å². The van der Waals surface area contributed by atoms with E-state index in [1.54, 1.807) is 0 Å². The van der Waals surface area contributed by atoms with Crippen LogP contribution in [0.25, 0.3) is 0 Å². The maximum Gasteiger partial charge on any atom is 0.494 e.